The van der Waals surface area contributed by atoms with Gasteiger partial charge in [0.15, 0.2) is 5.82 Å². The van der Waals surface area contributed by atoms with E-state index in [9.17, 15) is 0 Å². The van der Waals surface area contributed by atoms with E-state index in [-0.39, 0.29) is 0 Å². The molecular weight excluding hydrogens is 348 g/mol. The van der Waals surface area contributed by atoms with Gasteiger partial charge in [0.05, 0.1) is 5.69 Å². The maximum absolute atomic E-state index is 4.71. The van der Waals surface area contributed by atoms with Crippen molar-refractivity contribution >= 4 is 10.9 Å². The van der Waals surface area contributed by atoms with Crippen molar-refractivity contribution in [2.45, 2.75) is 32.2 Å². The number of hydrogen-bond acceptors (Lipinski definition) is 4. The predicted octanol–water partition coefficient (Wildman–Crippen LogP) is 4.04. The number of piperidine rings is 1. The molecule has 1 saturated heterocycles. The lowest BCUT2D eigenvalue weighted by molar-refractivity contribution is 0.198. The summed E-state index contributed by atoms with van der Waals surface area (Å²) in [5, 5.41) is 1.26. The van der Waals surface area contributed by atoms with Crippen LogP contribution in [-0.4, -0.2) is 42.9 Å². The number of benzene rings is 1. The third-order valence-corrected chi connectivity index (χ3v) is 5.57. The van der Waals surface area contributed by atoms with Crippen molar-refractivity contribution in [1.29, 1.82) is 0 Å². The fourth-order valence-corrected chi connectivity index (χ4v) is 4.24. The summed E-state index contributed by atoms with van der Waals surface area (Å²) in [7, 11) is 0. The maximum atomic E-state index is 4.71. The smallest absolute Gasteiger partial charge is 0.158 e. The Bertz CT molecular complexity index is 1100. The monoisotopic (exact) mass is 372 g/mol. The maximum Gasteiger partial charge on any atom is 0.158 e. The summed E-state index contributed by atoms with van der Waals surface area (Å²) in [5.41, 5.74) is 5.53. The fraction of sp³-hybridized carbons (Fsp3) is 0.318. The molecule has 4 heterocycles. The number of rotatable bonds is 4. The third kappa shape index (κ3) is 3.31. The summed E-state index contributed by atoms with van der Waals surface area (Å²) in [6.45, 7) is 5.08. The van der Waals surface area contributed by atoms with Crippen LogP contribution in [0.3, 0.4) is 0 Å². The lowest BCUT2D eigenvalue weighted by Crippen LogP contribution is -2.34. The Balaban J connectivity index is 1.37. The molecule has 6 nitrogen and oxygen atoms in total. The van der Waals surface area contributed by atoms with E-state index in [1.807, 2.05) is 19.3 Å². The van der Waals surface area contributed by atoms with Gasteiger partial charge in [-0.05, 0) is 49.4 Å². The van der Waals surface area contributed by atoms with Crippen molar-refractivity contribution in [3.05, 3.63) is 66.0 Å². The van der Waals surface area contributed by atoms with Crippen molar-refractivity contribution < 1.29 is 0 Å². The van der Waals surface area contributed by atoms with Crippen molar-refractivity contribution in [3.63, 3.8) is 0 Å². The van der Waals surface area contributed by atoms with E-state index in [1.165, 1.54) is 22.9 Å². The Morgan fingerprint density at radius 3 is 2.96 bits per heavy atom. The SMILES string of the molecule is Cc1cnc(-c2nccnc2[C@H]2CCCN(Cc3ccc4cc[nH]c4c3)C2)[nH]1. The molecule has 2 N–H and O–H groups in total. The average molecular weight is 372 g/mol. The zero-order chi connectivity index (χ0) is 18.9. The first kappa shape index (κ1) is 17.1. The number of aryl methyl sites for hydroxylation is 1. The van der Waals surface area contributed by atoms with Crippen LogP contribution < -0.4 is 0 Å². The van der Waals surface area contributed by atoms with Gasteiger partial charge in [0.1, 0.15) is 5.69 Å². The van der Waals surface area contributed by atoms with Gasteiger partial charge >= 0.3 is 0 Å². The molecule has 5 rings (SSSR count). The summed E-state index contributed by atoms with van der Waals surface area (Å²) in [4.78, 5) is 22.9. The summed E-state index contributed by atoms with van der Waals surface area (Å²) in [6, 6.07) is 8.81. The topological polar surface area (TPSA) is 73.5 Å². The van der Waals surface area contributed by atoms with Gasteiger partial charge in [0.2, 0.25) is 0 Å². The lowest BCUT2D eigenvalue weighted by atomic mass is 9.92. The number of aromatic nitrogens is 5. The second-order valence-electron chi connectivity index (χ2n) is 7.68. The van der Waals surface area contributed by atoms with Crippen molar-refractivity contribution in [2.24, 2.45) is 0 Å². The normalized spacial score (nSPS) is 18.0. The second-order valence-corrected chi connectivity index (χ2v) is 7.68. The molecule has 0 amide bonds. The fourth-order valence-electron chi connectivity index (χ4n) is 4.24. The Morgan fingerprint density at radius 2 is 2.07 bits per heavy atom. The summed E-state index contributed by atoms with van der Waals surface area (Å²) >= 11 is 0. The number of nitrogens with zero attached hydrogens (tertiary/aromatic N) is 4. The molecule has 1 aliphatic rings. The first-order valence-electron chi connectivity index (χ1n) is 9.87. The van der Waals surface area contributed by atoms with Crippen molar-refractivity contribution in [2.75, 3.05) is 13.1 Å². The van der Waals surface area contributed by atoms with Gasteiger partial charge in [0, 0.05) is 55.0 Å². The summed E-state index contributed by atoms with van der Waals surface area (Å²) in [5.74, 6) is 1.19. The number of imidazole rings is 1. The largest absolute Gasteiger partial charge is 0.361 e. The standard InChI is InChI=1S/C22H24N6/c1-15-12-26-22(27-15)21-20(24-8-9-25-21)18-3-2-10-28(14-18)13-16-4-5-17-6-7-23-19(17)11-16/h4-9,11-12,18,23H,2-3,10,13-14H2,1H3,(H,26,27)/t18-/m0/s1. The van der Waals surface area contributed by atoms with Crippen LogP contribution in [0.1, 0.15) is 35.7 Å². The molecule has 1 atom stereocenters. The highest BCUT2D eigenvalue weighted by atomic mass is 15.1. The molecule has 0 radical (unpaired) electrons. The van der Waals surface area contributed by atoms with E-state index in [2.05, 4.69) is 49.1 Å². The van der Waals surface area contributed by atoms with Crippen LogP contribution in [-0.2, 0) is 6.54 Å². The third-order valence-electron chi connectivity index (χ3n) is 5.57. The van der Waals surface area contributed by atoms with Crippen LogP contribution in [0.4, 0.5) is 0 Å². The molecule has 1 aliphatic heterocycles. The van der Waals surface area contributed by atoms with Crippen LogP contribution >= 0.6 is 0 Å². The molecule has 0 bridgehead atoms. The highest BCUT2D eigenvalue weighted by Crippen LogP contribution is 2.31. The molecular formula is C22H24N6. The van der Waals surface area contributed by atoms with Gasteiger partial charge in [-0.25, -0.2) is 9.97 Å². The van der Waals surface area contributed by atoms with Gasteiger partial charge in [0.25, 0.3) is 0 Å². The number of H-pyrrole nitrogens is 2. The molecule has 0 aliphatic carbocycles. The lowest BCUT2D eigenvalue weighted by Gasteiger charge is -2.32. The summed E-state index contributed by atoms with van der Waals surface area (Å²) in [6.07, 6.45) is 9.70. The molecule has 0 saturated carbocycles. The summed E-state index contributed by atoms with van der Waals surface area (Å²) < 4.78 is 0. The number of nitrogens with one attached hydrogen (secondary N) is 2. The zero-order valence-corrected chi connectivity index (χ0v) is 16.0. The Kier molecular flexibility index (Phi) is 4.41. The van der Waals surface area contributed by atoms with Crippen LogP contribution in [0.5, 0.6) is 0 Å². The zero-order valence-electron chi connectivity index (χ0n) is 16.0. The molecule has 0 spiro atoms. The van der Waals surface area contributed by atoms with Crippen LogP contribution in [0, 0.1) is 6.92 Å². The average Bonchev–Trinajstić information content (AvgIpc) is 3.36. The molecule has 0 unspecified atom stereocenters. The number of fused-ring (bicyclic) bond motifs is 1. The predicted molar refractivity (Wildman–Crippen MR) is 110 cm³/mol. The van der Waals surface area contributed by atoms with E-state index in [0.717, 1.165) is 49.0 Å². The van der Waals surface area contributed by atoms with E-state index < -0.39 is 0 Å². The van der Waals surface area contributed by atoms with Gasteiger partial charge in [-0.1, -0.05) is 12.1 Å². The highest BCUT2D eigenvalue weighted by molar-refractivity contribution is 5.79. The van der Waals surface area contributed by atoms with Crippen LogP contribution in [0.2, 0.25) is 0 Å². The molecule has 1 aromatic carbocycles. The van der Waals surface area contributed by atoms with Crippen molar-refractivity contribution in [1.82, 2.24) is 29.8 Å². The first-order chi connectivity index (χ1) is 13.8. The Labute approximate surface area is 164 Å². The van der Waals surface area contributed by atoms with Gasteiger partial charge in [-0.2, -0.15) is 0 Å². The molecule has 142 valence electrons. The van der Waals surface area contributed by atoms with Gasteiger partial charge < -0.3 is 9.97 Å². The molecule has 1 fully saturated rings. The minimum atomic E-state index is 0.372. The number of hydrogen-bond donors (Lipinski definition) is 2. The number of aromatic amines is 2. The van der Waals surface area contributed by atoms with Crippen LogP contribution in [0.15, 0.2) is 49.1 Å². The quantitative estimate of drug-likeness (QED) is 0.567. The Morgan fingerprint density at radius 1 is 1.14 bits per heavy atom. The van der Waals surface area contributed by atoms with Crippen LogP contribution in [0.25, 0.3) is 22.4 Å². The second kappa shape index (κ2) is 7.20. The van der Waals surface area contributed by atoms with E-state index in [4.69, 9.17) is 4.98 Å². The molecule has 28 heavy (non-hydrogen) atoms. The molecule has 4 aromatic rings. The Hall–Kier alpha value is -2.99. The molecule has 6 heteroatoms. The molecule has 3 aromatic heterocycles. The van der Waals surface area contributed by atoms with Crippen molar-refractivity contribution in [3.8, 4) is 11.5 Å². The van der Waals surface area contributed by atoms with Gasteiger partial charge in [-0.15, -0.1) is 0 Å². The van der Waals surface area contributed by atoms with E-state index in [0.29, 0.717) is 5.92 Å². The van der Waals surface area contributed by atoms with Gasteiger partial charge in [-0.3, -0.25) is 9.88 Å². The first-order valence-corrected chi connectivity index (χ1v) is 9.87. The minimum absolute atomic E-state index is 0.372. The highest BCUT2D eigenvalue weighted by Gasteiger charge is 2.26. The van der Waals surface area contributed by atoms with E-state index in [1.54, 1.807) is 12.4 Å². The number of likely N-dealkylation sites (tertiary alicyclic amines) is 1. The minimum Gasteiger partial charge on any atom is -0.361 e. The van der Waals surface area contributed by atoms with E-state index >= 15 is 0 Å².